The number of Topliss-reactive ketones (excluding diaryl/α,β-unsaturated/α-hetero) is 1. The van der Waals surface area contributed by atoms with E-state index in [1.54, 1.807) is 12.2 Å². The van der Waals surface area contributed by atoms with Crippen LogP contribution in [0.15, 0.2) is 34.9 Å². The molecular formula is C20H26O4. The Morgan fingerprint density at radius 2 is 1.88 bits per heavy atom. The highest BCUT2D eigenvalue weighted by atomic mass is 16.5. The zero-order valence-electron chi connectivity index (χ0n) is 14.9. The fourth-order valence-corrected chi connectivity index (χ4v) is 3.16. The molecule has 2 atom stereocenters. The molecule has 2 aliphatic rings. The smallest absolute Gasteiger partial charge is 0.334 e. The molecule has 1 aliphatic heterocycles. The summed E-state index contributed by atoms with van der Waals surface area (Å²) in [5.74, 6) is -0.286. The molecule has 0 spiro atoms. The Balaban J connectivity index is 2.35. The van der Waals surface area contributed by atoms with Crippen LogP contribution in [-0.4, -0.2) is 23.6 Å². The maximum atomic E-state index is 12.5. The first-order chi connectivity index (χ1) is 11.3. The van der Waals surface area contributed by atoms with Crippen LogP contribution < -0.4 is 0 Å². The molecule has 4 nitrogen and oxygen atoms in total. The van der Waals surface area contributed by atoms with E-state index in [1.807, 2.05) is 33.8 Å². The number of hydrogen-bond donors (Lipinski definition) is 0. The molecule has 0 fully saturated rings. The maximum Gasteiger partial charge on any atom is 0.334 e. The molecule has 0 amide bonds. The van der Waals surface area contributed by atoms with Crippen molar-refractivity contribution in [1.29, 1.82) is 0 Å². The number of carbonyl (C=O) groups excluding carboxylic acids is 3. The van der Waals surface area contributed by atoms with E-state index in [4.69, 9.17) is 4.74 Å². The third-order valence-corrected chi connectivity index (χ3v) is 4.77. The van der Waals surface area contributed by atoms with Gasteiger partial charge in [-0.05, 0) is 50.3 Å². The first kappa shape index (κ1) is 18.4. The van der Waals surface area contributed by atoms with Crippen LogP contribution in [0.5, 0.6) is 0 Å². The monoisotopic (exact) mass is 330 g/mol. The van der Waals surface area contributed by atoms with Gasteiger partial charge in [0.15, 0.2) is 11.6 Å². The van der Waals surface area contributed by atoms with Gasteiger partial charge in [0.05, 0.1) is 0 Å². The predicted molar refractivity (Wildman–Crippen MR) is 92.3 cm³/mol. The van der Waals surface area contributed by atoms with Crippen LogP contribution in [0.4, 0.5) is 0 Å². The fraction of sp³-hybridized carbons (Fsp3) is 0.550. The SMILES string of the molecule is C/C1=C\C(=O)CC2=C[C@@H](OC2=O)[C@@H](C(C)C)CC(=O)/C(C)=C/CC1. The van der Waals surface area contributed by atoms with Crippen molar-refractivity contribution in [3.63, 3.8) is 0 Å². The summed E-state index contributed by atoms with van der Waals surface area (Å²) in [6.45, 7) is 7.78. The second kappa shape index (κ2) is 7.73. The lowest BCUT2D eigenvalue weighted by Crippen LogP contribution is -2.28. The number of carbonyl (C=O) groups is 3. The summed E-state index contributed by atoms with van der Waals surface area (Å²) in [5.41, 5.74) is 2.11. The summed E-state index contributed by atoms with van der Waals surface area (Å²) < 4.78 is 5.46. The largest absolute Gasteiger partial charge is 0.454 e. The Morgan fingerprint density at radius 1 is 1.17 bits per heavy atom. The summed E-state index contributed by atoms with van der Waals surface area (Å²) >= 11 is 0. The van der Waals surface area contributed by atoms with Crippen molar-refractivity contribution in [2.45, 2.75) is 59.5 Å². The van der Waals surface area contributed by atoms with Gasteiger partial charge in [-0.2, -0.15) is 0 Å². The number of rotatable bonds is 1. The number of ether oxygens (including phenoxy) is 1. The number of esters is 1. The van der Waals surface area contributed by atoms with Crippen LogP contribution in [0.3, 0.4) is 0 Å². The van der Waals surface area contributed by atoms with E-state index in [0.29, 0.717) is 12.0 Å². The lowest BCUT2D eigenvalue weighted by Gasteiger charge is -2.24. The van der Waals surface area contributed by atoms with Gasteiger partial charge in [0.25, 0.3) is 0 Å². The molecule has 24 heavy (non-hydrogen) atoms. The Hall–Kier alpha value is -1.97. The van der Waals surface area contributed by atoms with Crippen molar-refractivity contribution in [1.82, 2.24) is 0 Å². The number of fused-ring (bicyclic) bond motifs is 1. The molecule has 0 unspecified atom stereocenters. The average Bonchev–Trinajstić information content (AvgIpc) is 2.83. The topological polar surface area (TPSA) is 60.4 Å². The van der Waals surface area contributed by atoms with Gasteiger partial charge in [0, 0.05) is 24.3 Å². The molecule has 2 bridgehead atoms. The third-order valence-electron chi connectivity index (χ3n) is 4.77. The minimum absolute atomic E-state index is 0.0697. The van der Waals surface area contributed by atoms with Gasteiger partial charge >= 0.3 is 5.97 Å². The number of hydrogen-bond acceptors (Lipinski definition) is 4. The lowest BCUT2D eigenvalue weighted by molar-refractivity contribution is -0.143. The average molecular weight is 330 g/mol. The third kappa shape index (κ3) is 4.53. The van der Waals surface area contributed by atoms with Crippen molar-refractivity contribution >= 4 is 17.5 Å². The lowest BCUT2D eigenvalue weighted by atomic mass is 9.84. The van der Waals surface area contributed by atoms with Crippen molar-refractivity contribution in [3.8, 4) is 0 Å². The Morgan fingerprint density at radius 3 is 2.54 bits per heavy atom. The van der Waals surface area contributed by atoms with Gasteiger partial charge < -0.3 is 4.74 Å². The Kier molecular flexibility index (Phi) is 5.92. The highest BCUT2D eigenvalue weighted by Crippen LogP contribution is 2.31. The van der Waals surface area contributed by atoms with Crippen LogP contribution in [-0.2, 0) is 19.1 Å². The van der Waals surface area contributed by atoms with E-state index in [0.717, 1.165) is 24.0 Å². The highest BCUT2D eigenvalue weighted by molar-refractivity contribution is 6.01. The summed E-state index contributed by atoms with van der Waals surface area (Å²) in [4.78, 5) is 36.7. The van der Waals surface area contributed by atoms with Crippen LogP contribution in [0.1, 0.15) is 53.4 Å². The molecular weight excluding hydrogens is 304 g/mol. The van der Waals surface area contributed by atoms with E-state index < -0.39 is 12.1 Å². The number of allylic oxidation sites excluding steroid dienone is 4. The van der Waals surface area contributed by atoms with Gasteiger partial charge in [-0.1, -0.05) is 25.5 Å². The summed E-state index contributed by atoms with van der Waals surface area (Å²) in [5, 5.41) is 0. The predicted octanol–water partition coefficient (Wildman–Crippen LogP) is 3.72. The number of ketones is 2. The van der Waals surface area contributed by atoms with Gasteiger partial charge in [-0.25, -0.2) is 4.79 Å². The second-order valence-corrected chi connectivity index (χ2v) is 7.16. The van der Waals surface area contributed by atoms with E-state index in [1.165, 1.54) is 0 Å². The standard InChI is InChI=1S/C20H26O4/c1-12(2)17-11-18(22)14(4)7-5-6-13(3)8-16(21)9-15-10-19(17)24-20(15)23/h7-8,10,12,17,19H,5-6,9,11H2,1-4H3/b13-8+,14-7+/t17-,19-/m1/s1. The zero-order chi connectivity index (χ0) is 17.9. The molecule has 0 aromatic heterocycles. The summed E-state index contributed by atoms with van der Waals surface area (Å²) in [6.07, 6.45) is 6.74. The van der Waals surface area contributed by atoms with Crippen molar-refractivity contribution in [2.24, 2.45) is 11.8 Å². The van der Waals surface area contributed by atoms with Crippen LogP contribution in [0.25, 0.3) is 0 Å². The first-order valence-corrected chi connectivity index (χ1v) is 8.59. The first-order valence-electron chi connectivity index (χ1n) is 8.59. The molecule has 1 heterocycles. The van der Waals surface area contributed by atoms with E-state index in [2.05, 4.69) is 0 Å². The molecule has 0 aromatic rings. The molecule has 0 saturated carbocycles. The summed E-state index contributed by atoms with van der Waals surface area (Å²) in [7, 11) is 0. The molecule has 1 aliphatic carbocycles. The molecule has 130 valence electrons. The van der Waals surface area contributed by atoms with Crippen LogP contribution >= 0.6 is 0 Å². The molecule has 0 radical (unpaired) electrons. The second-order valence-electron chi connectivity index (χ2n) is 7.16. The molecule has 4 heteroatoms. The van der Waals surface area contributed by atoms with Crippen LogP contribution in [0.2, 0.25) is 0 Å². The normalized spacial score (nSPS) is 30.9. The minimum atomic E-state index is -0.431. The Bertz CT molecular complexity index is 634. The highest BCUT2D eigenvalue weighted by Gasteiger charge is 2.35. The van der Waals surface area contributed by atoms with Crippen molar-refractivity contribution < 1.29 is 19.1 Å². The molecule has 0 N–H and O–H groups in total. The van der Waals surface area contributed by atoms with E-state index in [9.17, 15) is 14.4 Å². The quantitative estimate of drug-likeness (QED) is 0.688. The minimum Gasteiger partial charge on any atom is -0.454 e. The summed E-state index contributed by atoms with van der Waals surface area (Å²) in [6, 6.07) is 0. The van der Waals surface area contributed by atoms with Gasteiger partial charge in [0.1, 0.15) is 6.10 Å². The van der Waals surface area contributed by atoms with E-state index in [-0.39, 0.29) is 29.8 Å². The fourth-order valence-electron chi connectivity index (χ4n) is 3.16. The van der Waals surface area contributed by atoms with Gasteiger partial charge in [-0.3, -0.25) is 9.59 Å². The molecule has 2 rings (SSSR count). The van der Waals surface area contributed by atoms with E-state index >= 15 is 0 Å². The van der Waals surface area contributed by atoms with Gasteiger partial charge in [0.2, 0.25) is 0 Å². The van der Waals surface area contributed by atoms with Crippen molar-refractivity contribution in [2.75, 3.05) is 0 Å². The van der Waals surface area contributed by atoms with Gasteiger partial charge in [-0.15, -0.1) is 0 Å². The molecule has 0 saturated heterocycles. The Labute approximate surface area is 143 Å². The molecule has 0 aromatic carbocycles. The zero-order valence-corrected chi connectivity index (χ0v) is 14.9. The maximum absolute atomic E-state index is 12.5. The van der Waals surface area contributed by atoms with Crippen LogP contribution in [0, 0.1) is 11.8 Å². The van der Waals surface area contributed by atoms with Crippen molar-refractivity contribution in [3.05, 3.63) is 34.9 Å².